The van der Waals surface area contributed by atoms with Crippen molar-refractivity contribution in [1.82, 2.24) is 34.4 Å². The number of nitrogens with zero attached hydrogens (tertiary/aromatic N) is 6. The van der Waals surface area contributed by atoms with E-state index >= 15 is 0 Å². The molecule has 178 valence electrons. The quantitative estimate of drug-likeness (QED) is 0.377. The number of rotatable bonds is 6. The molecule has 0 spiro atoms. The van der Waals surface area contributed by atoms with E-state index in [-0.39, 0.29) is 22.8 Å². The Kier molecular flexibility index (Phi) is 5.61. The fourth-order valence-electron chi connectivity index (χ4n) is 3.96. The second-order valence-electron chi connectivity index (χ2n) is 8.06. The molecule has 1 fully saturated rings. The molecule has 35 heavy (non-hydrogen) atoms. The molecule has 0 aromatic carbocycles. The highest BCUT2D eigenvalue weighted by Gasteiger charge is 2.31. The van der Waals surface area contributed by atoms with Crippen LogP contribution in [-0.4, -0.2) is 67.5 Å². The van der Waals surface area contributed by atoms with Crippen LogP contribution in [-0.2, 0) is 4.79 Å². The molecule has 4 aromatic heterocycles. The number of carbonyl (C=O) groups excluding carboxylic acids is 2. The van der Waals surface area contributed by atoms with Gasteiger partial charge in [0.05, 0.1) is 11.9 Å². The summed E-state index contributed by atoms with van der Waals surface area (Å²) in [5.41, 5.74) is 1.15. The van der Waals surface area contributed by atoms with Crippen molar-refractivity contribution in [3.8, 4) is 5.82 Å². The summed E-state index contributed by atoms with van der Waals surface area (Å²) in [5, 5.41) is 13.3. The minimum absolute atomic E-state index is 0.133. The van der Waals surface area contributed by atoms with Crippen molar-refractivity contribution >= 4 is 34.7 Å². The molecule has 5 heterocycles. The number of fused-ring (bicyclic) bond motifs is 1. The predicted molar refractivity (Wildman–Crippen MR) is 129 cm³/mol. The van der Waals surface area contributed by atoms with Gasteiger partial charge in [-0.05, 0) is 30.7 Å². The Bertz CT molecular complexity index is 1480. The van der Waals surface area contributed by atoms with E-state index in [9.17, 15) is 14.4 Å². The molecular weight excluding hydrogens is 450 g/mol. The largest absolute Gasteiger partial charge is 0.385 e. The van der Waals surface area contributed by atoms with Crippen molar-refractivity contribution in [2.24, 2.45) is 0 Å². The molecule has 1 aliphatic heterocycles. The third-order valence-corrected chi connectivity index (χ3v) is 5.81. The highest BCUT2D eigenvalue weighted by atomic mass is 16.2. The van der Waals surface area contributed by atoms with Gasteiger partial charge >= 0.3 is 0 Å². The Morgan fingerprint density at radius 3 is 2.69 bits per heavy atom. The van der Waals surface area contributed by atoms with Crippen LogP contribution >= 0.6 is 0 Å². The highest BCUT2D eigenvalue weighted by Crippen LogP contribution is 2.22. The van der Waals surface area contributed by atoms with Gasteiger partial charge in [0.1, 0.15) is 17.5 Å². The van der Waals surface area contributed by atoms with Gasteiger partial charge in [-0.25, -0.2) is 14.5 Å². The molecule has 3 N–H and O–H groups in total. The van der Waals surface area contributed by atoms with Crippen LogP contribution < -0.4 is 21.5 Å². The first-order chi connectivity index (χ1) is 17.0. The molecule has 0 unspecified atom stereocenters. The van der Waals surface area contributed by atoms with E-state index in [2.05, 4.69) is 31.0 Å². The van der Waals surface area contributed by atoms with Crippen LogP contribution in [0.3, 0.4) is 0 Å². The summed E-state index contributed by atoms with van der Waals surface area (Å²) in [6.07, 6.45) is 5.18. The summed E-state index contributed by atoms with van der Waals surface area (Å²) in [7, 11) is 3.42. The van der Waals surface area contributed by atoms with E-state index in [4.69, 9.17) is 0 Å². The number of amides is 2. The molecule has 1 atom stereocenters. The van der Waals surface area contributed by atoms with Gasteiger partial charge in [-0.3, -0.25) is 19.0 Å². The van der Waals surface area contributed by atoms with Gasteiger partial charge in [-0.15, -0.1) is 5.10 Å². The van der Waals surface area contributed by atoms with Gasteiger partial charge in [0, 0.05) is 39.1 Å². The summed E-state index contributed by atoms with van der Waals surface area (Å²) < 4.78 is 2.80. The number of hydrogen-bond acceptors (Lipinski definition) is 8. The number of likely N-dealkylation sites (N-methyl/N-ethyl adjacent to an activating group) is 1. The van der Waals surface area contributed by atoms with E-state index in [1.165, 1.54) is 15.3 Å². The van der Waals surface area contributed by atoms with E-state index in [1.807, 2.05) is 0 Å². The van der Waals surface area contributed by atoms with Crippen molar-refractivity contribution < 1.29 is 9.59 Å². The molecular formula is C23H23N9O3. The Hall–Kier alpha value is -4.74. The van der Waals surface area contributed by atoms with E-state index in [0.29, 0.717) is 35.9 Å². The van der Waals surface area contributed by atoms with Crippen molar-refractivity contribution in [1.29, 1.82) is 0 Å². The maximum Gasteiger partial charge on any atom is 0.279 e. The topological polar surface area (TPSA) is 139 Å². The Labute approximate surface area is 199 Å². The van der Waals surface area contributed by atoms with Crippen molar-refractivity contribution in [2.45, 2.75) is 12.5 Å². The monoisotopic (exact) mass is 473 g/mol. The van der Waals surface area contributed by atoms with Gasteiger partial charge < -0.3 is 20.9 Å². The number of likely N-dealkylation sites (tertiary alicyclic amines) is 1. The standard InChI is InChI=1S/C23H23N9O3/c1-24-16-12-18(27-14-6-5-10-31(23(14)35)19-7-3-4-9-25-19)29-32-17(13-26-20(16)32)21(33)28-15-8-11-30(2)22(15)34/h3-7,9-10,12-13,15,24H,8,11H2,1-2H3,(H,27,29)(H,28,33)/t15-/m1/s1. The van der Waals surface area contributed by atoms with Crippen LogP contribution in [0.1, 0.15) is 16.9 Å². The summed E-state index contributed by atoms with van der Waals surface area (Å²) >= 11 is 0. The van der Waals surface area contributed by atoms with Crippen LogP contribution in [0.15, 0.2) is 59.8 Å². The zero-order valence-corrected chi connectivity index (χ0v) is 19.1. The second-order valence-corrected chi connectivity index (χ2v) is 8.06. The molecule has 2 amide bonds. The maximum atomic E-state index is 13.1. The number of nitrogens with one attached hydrogen (secondary N) is 3. The lowest BCUT2D eigenvalue weighted by atomic mass is 10.2. The van der Waals surface area contributed by atoms with Gasteiger partial charge in [-0.2, -0.15) is 0 Å². The minimum atomic E-state index is -0.586. The second kappa shape index (κ2) is 8.89. The predicted octanol–water partition coefficient (Wildman–Crippen LogP) is 1.02. The number of carbonyl (C=O) groups is 2. The van der Waals surface area contributed by atoms with Gasteiger partial charge in [0.25, 0.3) is 11.5 Å². The van der Waals surface area contributed by atoms with Crippen molar-refractivity contribution in [3.63, 3.8) is 0 Å². The molecule has 0 radical (unpaired) electrons. The van der Waals surface area contributed by atoms with Crippen LogP contribution in [0.5, 0.6) is 0 Å². The van der Waals surface area contributed by atoms with Crippen molar-refractivity contribution in [2.75, 3.05) is 31.3 Å². The summed E-state index contributed by atoms with van der Waals surface area (Å²) in [5.74, 6) is 0.212. The normalized spacial score (nSPS) is 15.4. The summed E-state index contributed by atoms with van der Waals surface area (Å²) in [4.78, 5) is 48.4. The van der Waals surface area contributed by atoms with E-state index < -0.39 is 11.9 Å². The molecule has 0 saturated carbocycles. The molecule has 5 rings (SSSR count). The zero-order chi connectivity index (χ0) is 24.5. The number of imidazole rings is 1. The van der Waals surface area contributed by atoms with E-state index in [1.54, 1.807) is 67.8 Å². The smallest absolute Gasteiger partial charge is 0.279 e. The lowest BCUT2D eigenvalue weighted by Gasteiger charge is -2.13. The number of pyridine rings is 2. The average Bonchev–Trinajstić information content (AvgIpc) is 3.44. The molecule has 4 aromatic rings. The van der Waals surface area contributed by atoms with Gasteiger partial charge in [0.2, 0.25) is 5.91 Å². The first-order valence-corrected chi connectivity index (χ1v) is 11.0. The van der Waals surface area contributed by atoms with E-state index in [0.717, 1.165) is 0 Å². The lowest BCUT2D eigenvalue weighted by molar-refractivity contribution is -0.128. The van der Waals surface area contributed by atoms with Crippen LogP contribution in [0, 0.1) is 0 Å². The molecule has 1 saturated heterocycles. The number of aromatic nitrogens is 5. The van der Waals surface area contributed by atoms with Gasteiger partial charge in [0.15, 0.2) is 17.2 Å². The molecule has 0 bridgehead atoms. The van der Waals surface area contributed by atoms with Crippen molar-refractivity contribution in [3.05, 3.63) is 71.0 Å². The maximum absolute atomic E-state index is 13.1. The first kappa shape index (κ1) is 22.1. The van der Waals surface area contributed by atoms with Crippen LogP contribution in [0.4, 0.5) is 17.2 Å². The number of hydrogen-bond donors (Lipinski definition) is 3. The fraction of sp³-hybridized carbons (Fsp3) is 0.217. The van der Waals surface area contributed by atoms with Gasteiger partial charge in [-0.1, -0.05) is 6.07 Å². The summed E-state index contributed by atoms with van der Waals surface area (Å²) in [6, 6.07) is 9.77. The molecule has 12 nitrogen and oxygen atoms in total. The first-order valence-electron chi connectivity index (χ1n) is 11.0. The lowest BCUT2D eigenvalue weighted by Crippen LogP contribution is -2.41. The molecule has 12 heteroatoms. The third-order valence-electron chi connectivity index (χ3n) is 5.81. The Balaban J connectivity index is 1.49. The number of anilines is 3. The molecule has 1 aliphatic rings. The fourth-order valence-corrected chi connectivity index (χ4v) is 3.96. The minimum Gasteiger partial charge on any atom is -0.385 e. The Morgan fingerprint density at radius 2 is 1.97 bits per heavy atom. The van der Waals surface area contributed by atoms with Crippen LogP contribution in [0.25, 0.3) is 11.5 Å². The zero-order valence-electron chi connectivity index (χ0n) is 19.1. The Morgan fingerprint density at radius 1 is 1.11 bits per heavy atom. The molecule has 0 aliphatic carbocycles. The third kappa shape index (κ3) is 4.05. The highest BCUT2D eigenvalue weighted by molar-refractivity contribution is 5.97. The summed E-state index contributed by atoms with van der Waals surface area (Å²) in [6.45, 7) is 0.584. The SMILES string of the molecule is CNc1cc(Nc2cccn(-c3ccccn3)c2=O)nn2c(C(=O)N[C@@H]3CCN(C)C3=O)cnc12. The van der Waals surface area contributed by atoms with Crippen LogP contribution in [0.2, 0.25) is 0 Å². The average molecular weight is 473 g/mol.